The van der Waals surface area contributed by atoms with Crippen LogP contribution in [0.2, 0.25) is 5.02 Å². The van der Waals surface area contributed by atoms with Crippen LogP contribution >= 0.6 is 11.6 Å². The fraction of sp³-hybridized carbons (Fsp3) is 0.417. The second kappa shape index (κ2) is 5.97. The van der Waals surface area contributed by atoms with E-state index in [0.717, 1.165) is 0 Å². The first kappa shape index (κ1) is 13.1. The lowest BCUT2D eigenvalue weighted by Crippen LogP contribution is -2.24. The summed E-state index contributed by atoms with van der Waals surface area (Å²) in [4.78, 5) is 11.7. The number of carbonyl (C=O) groups is 1. The van der Waals surface area contributed by atoms with Crippen LogP contribution in [0.1, 0.15) is 18.9 Å². The molecule has 1 rings (SSSR count). The van der Waals surface area contributed by atoms with Crippen LogP contribution < -0.4 is 0 Å². The summed E-state index contributed by atoms with van der Waals surface area (Å²) in [6, 6.07) is 4.38. The summed E-state index contributed by atoms with van der Waals surface area (Å²) in [5.74, 6) is -0.608. The Labute approximate surface area is 99.4 Å². The molecule has 0 N–H and O–H groups in total. The Hall–Kier alpha value is -0.930. The Morgan fingerprint density at radius 2 is 2.25 bits per heavy atom. The summed E-state index contributed by atoms with van der Waals surface area (Å²) < 4.78 is 18.4. The molecule has 4 heteroatoms. The highest BCUT2D eigenvalue weighted by Gasteiger charge is 2.19. The number of ketones is 1. The Bertz CT molecular complexity index is 355. The van der Waals surface area contributed by atoms with E-state index in [1.165, 1.54) is 19.2 Å². The fourth-order valence-corrected chi connectivity index (χ4v) is 1.74. The van der Waals surface area contributed by atoms with Crippen LogP contribution in [-0.4, -0.2) is 19.0 Å². The van der Waals surface area contributed by atoms with Crippen LogP contribution in [0.15, 0.2) is 18.2 Å². The van der Waals surface area contributed by atoms with Crippen molar-refractivity contribution in [2.75, 3.05) is 7.11 Å². The molecule has 0 aliphatic rings. The Morgan fingerprint density at radius 1 is 1.56 bits per heavy atom. The number of halogens is 2. The Balaban J connectivity index is 2.84. The van der Waals surface area contributed by atoms with Crippen molar-refractivity contribution in [1.29, 1.82) is 0 Å². The highest BCUT2D eigenvalue weighted by molar-refractivity contribution is 6.31. The molecule has 88 valence electrons. The SMILES string of the molecule is CCC(OC)C(=O)Cc1c(F)cccc1Cl. The quantitative estimate of drug-likeness (QED) is 0.796. The molecule has 0 spiro atoms. The molecule has 16 heavy (non-hydrogen) atoms. The molecule has 2 nitrogen and oxygen atoms in total. The molecule has 1 aromatic rings. The number of benzene rings is 1. The molecule has 0 heterocycles. The molecule has 0 amide bonds. The van der Waals surface area contributed by atoms with Gasteiger partial charge in [0.2, 0.25) is 0 Å². The molecule has 1 aromatic carbocycles. The maximum atomic E-state index is 13.4. The second-order valence-electron chi connectivity index (χ2n) is 3.48. The van der Waals surface area contributed by atoms with Crippen LogP contribution in [-0.2, 0) is 16.0 Å². The third kappa shape index (κ3) is 3.03. The van der Waals surface area contributed by atoms with Gasteiger partial charge >= 0.3 is 0 Å². The lowest BCUT2D eigenvalue weighted by molar-refractivity contribution is -0.128. The Morgan fingerprint density at radius 3 is 2.75 bits per heavy atom. The number of ether oxygens (including phenoxy) is 1. The predicted molar refractivity (Wildman–Crippen MR) is 61.2 cm³/mol. The summed E-state index contributed by atoms with van der Waals surface area (Å²) in [6.45, 7) is 1.84. The topological polar surface area (TPSA) is 26.3 Å². The van der Waals surface area contributed by atoms with Crippen molar-refractivity contribution >= 4 is 17.4 Å². The number of rotatable bonds is 5. The van der Waals surface area contributed by atoms with E-state index in [4.69, 9.17) is 16.3 Å². The normalized spacial score (nSPS) is 12.5. The first-order chi connectivity index (χ1) is 7.60. The van der Waals surface area contributed by atoms with E-state index in [-0.39, 0.29) is 22.8 Å². The van der Waals surface area contributed by atoms with Crippen LogP contribution in [0.5, 0.6) is 0 Å². The molecule has 1 atom stereocenters. The van der Waals surface area contributed by atoms with Gasteiger partial charge in [-0.2, -0.15) is 0 Å². The number of hydrogen-bond donors (Lipinski definition) is 0. The third-order valence-electron chi connectivity index (χ3n) is 2.43. The zero-order valence-corrected chi connectivity index (χ0v) is 10.1. The molecule has 0 radical (unpaired) electrons. The van der Waals surface area contributed by atoms with E-state index in [1.807, 2.05) is 6.92 Å². The average Bonchev–Trinajstić information content (AvgIpc) is 2.25. The highest BCUT2D eigenvalue weighted by Crippen LogP contribution is 2.20. The molecule has 0 bridgehead atoms. The first-order valence-electron chi connectivity index (χ1n) is 5.08. The van der Waals surface area contributed by atoms with Crippen LogP contribution in [0.4, 0.5) is 4.39 Å². The summed E-state index contributed by atoms with van der Waals surface area (Å²) in [5, 5.41) is 0.277. The van der Waals surface area contributed by atoms with E-state index in [0.29, 0.717) is 6.42 Å². The van der Waals surface area contributed by atoms with Crippen molar-refractivity contribution in [3.8, 4) is 0 Å². The van der Waals surface area contributed by atoms with Gasteiger partial charge in [-0.25, -0.2) is 4.39 Å². The second-order valence-corrected chi connectivity index (χ2v) is 3.88. The van der Waals surface area contributed by atoms with Crippen LogP contribution in [0.3, 0.4) is 0 Å². The van der Waals surface area contributed by atoms with Crippen LogP contribution in [0.25, 0.3) is 0 Å². The van der Waals surface area contributed by atoms with E-state index in [1.54, 1.807) is 6.07 Å². The van der Waals surface area contributed by atoms with Crippen molar-refractivity contribution in [1.82, 2.24) is 0 Å². The molecule has 0 fully saturated rings. The molecular formula is C12H14ClFO2. The number of hydrogen-bond acceptors (Lipinski definition) is 2. The van der Waals surface area contributed by atoms with Gasteiger partial charge in [-0.15, -0.1) is 0 Å². The summed E-state index contributed by atoms with van der Waals surface area (Å²) in [6.07, 6.45) is 0.0508. The standard InChI is InChI=1S/C12H14ClFO2/c1-3-12(16-2)11(15)7-8-9(13)5-4-6-10(8)14/h4-6,12H,3,7H2,1-2H3. The third-order valence-corrected chi connectivity index (χ3v) is 2.78. The van der Waals surface area contributed by atoms with Gasteiger partial charge < -0.3 is 4.74 Å². The maximum Gasteiger partial charge on any atom is 0.166 e. The Kier molecular flexibility index (Phi) is 4.90. The van der Waals surface area contributed by atoms with Gasteiger partial charge in [-0.3, -0.25) is 4.79 Å². The van der Waals surface area contributed by atoms with E-state index in [9.17, 15) is 9.18 Å². The zero-order chi connectivity index (χ0) is 12.1. The summed E-state index contributed by atoms with van der Waals surface area (Å²) in [5.41, 5.74) is 0.240. The van der Waals surface area contributed by atoms with Crippen molar-refractivity contribution in [2.24, 2.45) is 0 Å². The largest absolute Gasteiger partial charge is 0.374 e. The van der Waals surface area contributed by atoms with Crippen molar-refractivity contribution in [2.45, 2.75) is 25.9 Å². The minimum atomic E-state index is -0.490. The van der Waals surface area contributed by atoms with Gasteiger partial charge in [-0.05, 0) is 18.6 Å². The first-order valence-corrected chi connectivity index (χ1v) is 5.46. The lowest BCUT2D eigenvalue weighted by Gasteiger charge is -2.12. The van der Waals surface area contributed by atoms with Gasteiger partial charge in [-0.1, -0.05) is 24.6 Å². The average molecular weight is 245 g/mol. The molecular weight excluding hydrogens is 231 g/mol. The van der Waals surface area contributed by atoms with E-state index < -0.39 is 11.9 Å². The van der Waals surface area contributed by atoms with E-state index in [2.05, 4.69) is 0 Å². The summed E-state index contributed by atoms with van der Waals surface area (Å²) >= 11 is 5.83. The number of carbonyl (C=O) groups excluding carboxylic acids is 1. The molecule has 1 unspecified atom stereocenters. The maximum absolute atomic E-state index is 13.4. The minimum absolute atomic E-state index is 0.0299. The van der Waals surface area contributed by atoms with Crippen molar-refractivity contribution in [3.05, 3.63) is 34.6 Å². The summed E-state index contributed by atoms with van der Waals surface area (Å²) in [7, 11) is 1.47. The van der Waals surface area contributed by atoms with Gasteiger partial charge in [0.1, 0.15) is 11.9 Å². The lowest BCUT2D eigenvalue weighted by atomic mass is 10.0. The number of Topliss-reactive ketones (excluding diaryl/α,β-unsaturated/α-hetero) is 1. The van der Waals surface area contributed by atoms with Crippen molar-refractivity contribution < 1.29 is 13.9 Å². The molecule has 0 aliphatic heterocycles. The molecule has 0 saturated carbocycles. The monoisotopic (exact) mass is 244 g/mol. The fourth-order valence-electron chi connectivity index (χ4n) is 1.52. The molecule has 0 saturated heterocycles. The van der Waals surface area contributed by atoms with Gasteiger partial charge in [0, 0.05) is 24.1 Å². The van der Waals surface area contributed by atoms with Crippen molar-refractivity contribution in [3.63, 3.8) is 0 Å². The van der Waals surface area contributed by atoms with Gasteiger partial charge in [0.05, 0.1) is 0 Å². The predicted octanol–water partition coefficient (Wildman–Crippen LogP) is 3.02. The van der Waals surface area contributed by atoms with E-state index >= 15 is 0 Å². The zero-order valence-electron chi connectivity index (χ0n) is 9.30. The number of methoxy groups -OCH3 is 1. The smallest absolute Gasteiger partial charge is 0.166 e. The molecule has 0 aliphatic carbocycles. The van der Waals surface area contributed by atoms with Crippen LogP contribution in [0, 0.1) is 5.82 Å². The van der Waals surface area contributed by atoms with Gasteiger partial charge in [0.15, 0.2) is 5.78 Å². The van der Waals surface area contributed by atoms with Gasteiger partial charge in [0.25, 0.3) is 0 Å². The highest BCUT2D eigenvalue weighted by atomic mass is 35.5. The molecule has 0 aromatic heterocycles. The minimum Gasteiger partial charge on any atom is -0.374 e.